The molecule has 0 radical (unpaired) electrons. The molecule has 2 rings (SSSR count). The standard InChI is InChI=1S/C14H19ClN2O3S2/c1-2-5-16-14(18)12-10-11(3-4-13(12)15)22(19,20)17-6-8-21-9-7-17/h3-4,10H,2,5-9H2,1H3,(H,16,18). The molecule has 1 aliphatic heterocycles. The van der Waals surface area contributed by atoms with E-state index in [0.29, 0.717) is 19.6 Å². The Morgan fingerprint density at radius 1 is 1.36 bits per heavy atom. The molecule has 0 aliphatic carbocycles. The van der Waals surface area contributed by atoms with Gasteiger partial charge in [0.05, 0.1) is 15.5 Å². The Hall–Kier alpha value is -0.760. The van der Waals surface area contributed by atoms with E-state index in [-0.39, 0.29) is 21.4 Å². The molecule has 1 aromatic carbocycles. The average Bonchev–Trinajstić information content (AvgIpc) is 2.53. The molecule has 0 spiro atoms. The molecule has 0 atom stereocenters. The van der Waals surface area contributed by atoms with Gasteiger partial charge in [-0.15, -0.1) is 0 Å². The first-order valence-corrected chi connectivity index (χ1v) is 10.1. The van der Waals surface area contributed by atoms with Crippen molar-refractivity contribution >= 4 is 39.3 Å². The van der Waals surface area contributed by atoms with E-state index in [2.05, 4.69) is 5.32 Å². The minimum absolute atomic E-state index is 0.116. The normalized spacial score (nSPS) is 16.5. The number of benzene rings is 1. The second-order valence-corrected chi connectivity index (χ2v) is 8.48. The van der Waals surface area contributed by atoms with Crippen molar-refractivity contribution in [2.24, 2.45) is 0 Å². The number of carbonyl (C=O) groups is 1. The predicted octanol–water partition coefficient (Wildman–Crippen LogP) is 2.22. The maximum absolute atomic E-state index is 12.6. The second kappa shape index (κ2) is 7.68. The molecule has 0 aromatic heterocycles. The predicted molar refractivity (Wildman–Crippen MR) is 90.2 cm³/mol. The number of hydrogen-bond donors (Lipinski definition) is 1. The Balaban J connectivity index is 2.30. The summed E-state index contributed by atoms with van der Waals surface area (Å²) in [4.78, 5) is 12.2. The lowest BCUT2D eigenvalue weighted by Gasteiger charge is -2.25. The van der Waals surface area contributed by atoms with Gasteiger partial charge in [-0.1, -0.05) is 18.5 Å². The maximum Gasteiger partial charge on any atom is 0.252 e. The SMILES string of the molecule is CCCNC(=O)c1cc(S(=O)(=O)N2CCSCC2)ccc1Cl. The van der Waals surface area contributed by atoms with Gasteiger partial charge in [0.25, 0.3) is 5.91 Å². The summed E-state index contributed by atoms with van der Waals surface area (Å²) in [6, 6.07) is 4.29. The van der Waals surface area contributed by atoms with Gasteiger partial charge in [-0.2, -0.15) is 16.1 Å². The first-order valence-electron chi connectivity index (χ1n) is 7.12. The van der Waals surface area contributed by atoms with Crippen molar-refractivity contribution in [3.63, 3.8) is 0 Å². The molecule has 5 nitrogen and oxygen atoms in total. The summed E-state index contributed by atoms with van der Waals surface area (Å²) in [7, 11) is -3.57. The van der Waals surface area contributed by atoms with E-state index in [9.17, 15) is 13.2 Å². The van der Waals surface area contributed by atoms with Gasteiger partial charge in [0.1, 0.15) is 0 Å². The quantitative estimate of drug-likeness (QED) is 0.872. The third kappa shape index (κ3) is 3.95. The number of thioether (sulfide) groups is 1. The minimum atomic E-state index is -3.57. The van der Waals surface area contributed by atoms with Gasteiger partial charge in [-0.05, 0) is 24.6 Å². The zero-order valence-electron chi connectivity index (χ0n) is 12.3. The van der Waals surface area contributed by atoms with Crippen LogP contribution in [-0.2, 0) is 10.0 Å². The van der Waals surface area contributed by atoms with Gasteiger partial charge >= 0.3 is 0 Å². The first-order chi connectivity index (χ1) is 10.5. The van der Waals surface area contributed by atoms with Gasteiger partial charge in [-0.3, -0.25) is 4.79 Å². The number of nitrogens with one attached hydrogen (secondary N) is 1. The Kier molecular flexibility index (Phi) is 6.14. The summed E-state index contributed by atoms with van der Waals surface area (Å²) < 4.78 is 26.7. The Bertz CT molecular complexity index is 643. The summed E-state index contributed by atoms with van der Waals surface area (Å²) in [6.45, 7) is 3.45. The van der Waals surface area contributed by atoms with E-state index >= 15 is 0 Å². The Labute approximate surface area is 140 Å². The number of hydrogen-bond acceptors (Lipinski definition) is 4. The second-order valence-electron chi connectivity index (χ2n) is 4.91. The highest BCUT2D eigenvalue weighted by molar-refractivity contribution is 7.99. The van der Waals surface area contributed by atoms with Crippen LogP contribution < -0.4 is 5.32 Å². The lowest BCUT2D eigenvalue weighted by molar-refractivity contribution is 0.0953. The Morgan fingerprint density at radius 3 is 2.68 bits per heavy atom. The van der Waals surface area contributed by atoms with Crippen LogP contribution in [0.25, 0.3) is 0 Å². The van der Waals surface area contributed by atoms with Crippen molar-refractivity contribution in [1.82, 2.24) is 9.62 Å². The summed E-state index contributed by atoms with van der Waals surface area (Å²) in [5.41, 5.74) is 0.197. The van der Waals surface area contributed by atoms with Crippen LogP contribution in [0.4, 0.5) is 0 Å². The summed E-state index contributed by atoms with van der Waals surface area (Å²) >= 11 is 7.77. The van der Waals surface area contributed by atoms with Crippen LogP contribution in [-0.4, -0.2) is 49.8 Å². The van der Waals surface area contributed by atoms with Gasteiger partial charge in [-0.25, -0.2) is 8.42 Å². The average molecular weight is 363 g/mol. The van der Waals surface area contributed by atoms with E-state index in [1.807, 2.05) is 6.92 Å². The summed E-state index contributed by atoms with van der Waals surface area (Å²) in [5, 5.41) is 2.96. The molecule has 1 amide bonds. The van der Waals surface area contributed by atoms with Gasteiger partial charge in [0.15, 0.2) is 0 Å². The molecular formula is C14H19ClN2O3S2. The highest BCUT2D eigenvalue weighted by Crippen LogP contribution is 2.24. The van der Waals surface area contributed by atoms with Gasteiger partial charge in [0.2, 0.25) is 10.0 Å². The van der Waals surface area contributed by atoms with Crippen molar-refractivity contribution in [1.29, 1.82) is 0 Å². The lowest BCUT2D eigenvalue weighted by atomic mass is 10.2. The number of sulfonamides is 1. The smallest absolute Gasteiger partial charge is 0.252 e. The highest BCUT2D eigenvalue weighted by atomic mass is 35.5. The van der Waals surface area contributed by atoms with Crippen molar-refractivity contribution in [2.75, 3.05) is 31.1 Å². The third-order valence-corrected chi connectivity index (χ3v) is 6.49. The van der Waals surface area contributed by atoms with Crippen LogP contribution in [0.1, 0.15) is 23.7 Å². The van der Waals surface area contributed by atoms with Gasteiger partial charge in [0, 0.05) is 31.1 Å². The van der Waals surface area contributed by atoms with E-state index in [1.54, 1.807) is 11.8 Å². The zero-order valence-corrected chi connectivity index (χ0v) is 14.7. The number of carbonyl (C=O) groups excluding carboxylic acids is 1. The molecule has 1 aliphatic rings. The van der Waals surface area contributed by atoms with Crippen LogP contribution in [0.3, 0.4) is 0 Å². The fraction of sp³-hybridized carbons (Fsp3) is 0.500. The molecule has 1 aromatic rings. The van der Waals surface area contributed by atoms with Crippen LogP contribution in [0.15, 0.2) is 23.1 Å². The zero-order chi connectivity index (χ0) is 16.2. The molecule has 1 saturated heterocycles. The minimum Gasteiger partial charge on any atom is -0.352 e. The largest absolute Gasteiger partial charge is 0.352 e. The lowest BCUT2D eigenvalue weighted by Crippen LogP contribution is -2.38. The number of rotatable bonds is 5. The van der Waals surface area contributed by atoms with E-state index in [4.69, 9.17) is 11.6 Å². The van der Waals surface area contributed by atoms with Crippen molar-refractivity contribution in [2.45, 2.75) is 18.2 Å². The number of amides is 1. The topological polar surface area (TPSA) is 66.5 Å². The molecule has 1 heterocycles. The summed E-state index contributed by atoms with van der Waals surface area (Å²) in [5.74, 6) is 1.23. The van der Waals surface area contributed by atoms with E-state index < -0.39 is 10.0 Å². The number of halogens is 1. The van der Waals surface area contributed by atoms with Crippen LogP contribution in [0.2, 0.25) is 5.02 Å². The Morgan fingerprint density at radius 2 is 2.05 bits per heavy atom. The monoisotopic (exact) mass is 362 g/mol. The maximum atomic E-state index is 12.6. The number of nitrogens with zero attached hydrogens (tertiary/aromatic N) is 1. The van der Waals surface area contributed by atoms with Crippen molar-refractivity contribution in [3.05, 3.63) is 28.8 Å². The summed E-state index contributed by atoms with van der Waals surface area (Å²) in [6.07, 6.45) is 0.798. The fourth-order valence-corrected chi connectivity index (χ4v) is 4.91. The molecule has 0 unspecified atom stereocenters. The molecule has 8 heteroatoms. The molecule has 1 N–H and O–H groups in total. The van der Waals surface area contributed by atoms with Gasteiger partial charge < -0.3 is 5.32 Å². The highest BCUT2D eigenvalue weighted by Gasteiger charge is 2.27. The molecule has 0 saturated carbocycles. The van der Waals surface area contributed by atoms with Crippen LogP contribution in [0.5, 0.6) is 0 Å². The van der Waals surface area contributed by atoms with E-state index in [0.717, 1.165) is 17.9 Å². The first kappa shape index (κ1) is 17.6. The van der Waals surface area contributed by atoms with Crippen LogP contribution >= 0.6 is 23.4 Å². The molecular weight excluding hydrogens is 344 g/mol. The van der Waals surface area contributed by atoms with Crippen molar-refractivity contribution < 1.29 is 13.2 Å². The fourth-order valence-electron chi connectivity index (χ4n) is 2.11. The van der Waals surface area contributed by atoms with E-state index in [1.165, 1.54) is 22.5 Å². The third-order valence-electron chi connectivity index (χ3n) is 3.33. The van der Waals surface area contributed by atoms with Crippen molar-refractivity contribution in [3.8, 4) is 0 Å². The molecule has 1 fully saturated rings. The molecule has 22 heavy (non-hydrogen) atoms. The molecule has 0 bridgehead atoms. The van der Waals surface area contributed by atoms with Crippen LogP contribution in [0, 0.1) is 0 Å². The molecule has 122 valence electrons.